The molecule has 0 unspecified atom stereocenters. The third-order valence-electron chi connectivity index (χ3n) is 3.24. The summed E-state index contributed by atoms with van der Waals surface area (Å²) in [5.41, 5.74) is 0.334. The molecule has 1 aliphatic heterocycles. The summed E-state index contributed by atoms with van der Waals surface area (Å²) in [5.74, 6) is 0.575. The highest BCUT2D eigenvalue weighted by molar-refractivity contribution is 7.92. The topological polar surface area (TPSA) is 84.4 Å². The van der Waals surface area contributed by atoms with E-state index in [0.717, 1.165) is 13.1 Å². The van der Waals surface area contributed by atoms with Gasteiger partial charge in [-0.1, -0.05) is 18.2 Å². The lowest BCUT2D eigenvalue weighted by atomic mass is 10.4. The molecule has 116 valence electrons. The number of nitrogens with one attached hydrogen (secondary N) is 1. The predicted molar refractivity (Wildman–Crippen MR) is 82.3 cm³/mol. The van der Waals surface area contributed by atoms with Crippen LogP contribution in [0.25, 0.3) is 0 Å². The van der Waals surface area contributed by atoms with Gasteiger partial charge in [-0.3, -0.25) is 4.72 Å². The lowest BCUT2D eigenvalue weighted by molar-refractivity contribution is 0.122. The molecule has 1 N–H and O–H groups in total. The molecule has 1 aliphatic rings. The average molecular weight is 320 g/mol. The molecule has 7 nitrogen and oxygen atoms in total. The average Bonchev–Trinajstić information content (AvgIpc) is 2.57. The van der Waals surface area contributed by atoms with Crippen LogP contribution < -0.4 is 9.62 Å². The van der Waals surface area contributed by atoms with E-state index in [-0.39, 0.29) is 4.90 Å². The highest BCUT2D eigenvalue weighted by atomic mass is 32.2. The van der Waals surface area contributed by atoms with Crippen LogP contribution >= 0.6 is 0 Å². The second-order valence-electron chi connectivity index (χ2n) is 4.79. The predicted octanol–water partition coefficient (Wildman–Crippen LogP) is 1.11. The Hall–Kier alpha value is -2.19. The number of morpholine rings is 1. The van der Waals surface area contributed by atoms with Crippen molar-refractivity contribution in [2.24, 2.45) is 0 Å². The van der Waals surface area contributed by atoms with E-state index >= 15 is 0 Å². The van der Waals surface area contributed by atoms with Gasteiger partial charge in [-0.05, 0) is 12.1 Å². The number of hydrogen-bond donors (Lipinski definition) is 1. The molecule has 0 atom stereocenters. The molecule has 0 spiro atoms. The smallest absolute Gasteiger partial charge is 0.261 e. The van der Waals surface area contributed by atoms with Crippen LogP contribution in [-0.4, -0.2) is 44.7 Å². The standard InChI is InChI=1S/C14H16N4O3S/c19-22(20,13-4-2-1-3-5-13)17-12-10-15-14(16-11-12)18-6-8-21-9-7-18/h1-5,10-11,17H,6-9H2. The first-order chi connectivity index (χ1) is 10.6. The van der Waals surface area contributed by atoms with Crippen molar-refractivity contribution in [3.63, 3.8) is 0 Å². The van der Waals surface area contributed by atoms with E-state index in [9.17, 15) is 8.42 Å². The number of rotatable bonds is 4. The fourth-order valence-corrected chi connectivity index (χ4v) is 3.16. The van der Waals surface area contributed by atoms with Crippen molar-refractivity contribution in [1.82, 2.24) is 9.97 Å². The summed E-state index contributed by atoms with van der Waals surface area (Å²) < 4.78 is 32.1. The lowest BCUT2D eigenvalue weighted by Gasteiger charge is -2.26. The Bertz CT molecular complexity index is 714. The maximum Gasteiger partial charge on any atom is 0.261 e. The van der Waals surface area contributed by atoms with Gasteiger partial charge in [0.15, 0.2) is 0 Å². The molecular weight excluding hydrogens is 304 g/mol. The molecule has 0 aliphatic carbocycles. The molecule has 0 radical (unpaired) electrons. The molecule has 8 heteroatoms. The third-order valence-corrected chi connectivity index (χ3v) is 4.64. The molecule has 1 fully saturated rings. The largest absolute Gasteiger partial charge is 0.378 e. The summed E-state index contributed by atoms with van der Waals surface area (Å²) in [4.78, 5) is 10.6. The maximum absolute atomic E-state index is 12.2. The van der Waals surface area contributed by atoms with Gasteiger partial charge in [0.1, 0.15) is 0 Å². The highest BCUT2D eigenvalue weighted by Crippen LogP contribution is 2.16. The summed E-state index contributed by atoms with van der Waals surface area (Å²) in [6.07, 6.45) is 2.94. The summed E-state index contributed by atoms with van der Waals surface area (Å²) >= 11 is 0. The van der Waals surface area contributed by atoms with Crippen LogP contribution in [0.1, 0.15) is 0 Å². The molecule has 22 heavy (non-hydrogen) atoms. The zero-order valence-electron chi connectivity index (χ0n) is 11.8. The molecule has 0 amide bonds. The molecule has 1 saturated heterocycles. The van der Waals surface area contributed by atoms with Crippen LogP contribution in [0.2, 0.25) is 0 Å². The third kappa shape index (κ3) is 3.34. The van der Waals surface area contributed by atoms with Crippen LogP contribution in [0.3, 0.4) is 0 Å². The Balaban J connectivity index is 1.73. The van der Waals surface area contributed by atoms with Gasteiger partial charge in [-0.2, -0.15) is 0 Å². The first kappa shape index (κ1) is 14.7. The van der Waals surface area contributed by atoms with Crippen LogP contribution in [-0.2, 0) is 14.8 Å². The molecule has 0 bridgehead atoms. The summed E-state index contributed by atoms with van der Waals surface area (Å²) in [6, 6.07) is 8.18. The van der Waals surface area contributed by atoms with Gasteiger partial charge in [0, 0.05) is 13.1 Å². The molecule has 3 rings (SSSR count). The summed E-state index contributed by atoms with van der Waals surface area (Å²) in [5, 5.41) is 0. The van der Waals surface area contributed by atoms with Crippen molar-refractivity contribution in [2.75, 3.05) is 35.9 Å². The normalized spacial score (nSPS) is 15.5. The van der Waals surface area contributed by atoms with E-state index in [4.69, 9.17) is 4.74 Å². The Morgan fingerprint density at radius 3 is 2.32 bits per heavy atom. The van der Waals surface area contributed by atoms with Crippen molar-refractivity contribution in [3.8, 4) is 0 Å². The van der Waals surface area contributed by atoms with Crippen LogP contribution in [0, 0.1) is 0 Å². The van der Waals surface area contributed by atoms with Crippen molar-refractivity contribution >= 4 is 21.7 Å². The van der Waals surface area contributed by atoms with Gasteiger partial charge in [-0.15, -0.1) is 0 Å². The van der Waals surface area contributed by atoms with Gasteiger partial charge in [0.05, 0.1) is 36.2 Å². The van der Waals surface area contributed by atoms with Crippen LogP contribution in [0.5, 0.6) is 0 Å². The molecule has 2 aromatic rings. The van der Waals surface area contributed by atoms with E-state index in [1.54, 1.807) is 18.2 Å². The summed E-state index contributed by atoms with van der Waals surface area (Å²) in [7, 11) is -3.61. The second kappa shape index (κ2) is 6.29. The number of hydrogen-bond acceptors (Lipinski definition) is 6. The zero-order valence-corrected chi connectivity index (χ0v) is 12.7. The Morgan fingerprint density at radius 1 is 1.05 bits per heavy atom. The molecular formula is C14H16N4O3S. The Labute approximate surface area is 129 Å². The Kier molecular flexibility index (Phi) is 4.21. The second-order valence-corrected chi connectivity index (χ2v) is 6.47. The fourth-order valence-electron chi connectivity index (χ4n) is 2.11. The first-order valence-corrected chi connectivity index (χ1v) is 8.36. The van der Waals surface area contributed by atoms with Gasteiger partial charge >= 0.3 is 0 Å². The van der Waals surface area contributed by atoms with Crippen molar-refractivity contribution < 1.29 is 13.2 Å². The summed E-state index contributed by atoms with van der Waals surface area (Å²) in [6.45, 7) is 2.75. The van der Waals surface area contributed by atoms with Gasteiger partial charge in [0.25, 0.3) is 10.0 Å². The van der Waals surface area contributed by atoms with Gasteiger partial charge in [0.2, 0.25) is 5.95 Å². The number of benzene rings is 1. The molecule has 2 heterocycles. The molecule has 1 aromatic heterocycles. The van der Waals surface area contributed by atoms with E-state index in [0.29, 0.717) is 24.8 Å². The maximum atomic E-state index is 12.2. The SMILES string of the molecule is O=S(=O)(Nc1cnc(N2CCOCC2)nc1)c1ccccc1. The van der Waals surface area contributed by atoms with E-state index in [1.807, 2.05) is 4.90 Å². The van der Waals surface area contributed by atoms with Crippen LogP contribution in [0.15, 0.2) is 47.6 Å². The number of anilines is 2. The Morgan fingerprint density at radius 2 is 1.68 bits per heavy atom. The number of sulfonamides is 1. The first-order valence-electron chi connectivity index (χ1n) is 6.88. The lowest BCUT2D eigenvalue weighted by Crippen LogP contribution is -2.37. The van der Waals surface area contributed by atoms with E-state index < -0.39 is 10.0 Å². The zero-order chi connectivity index (χ0) is 15.4. The minimum Gasteiger partial charge on any atom is -0.378 e. The molecule has 0 saturated carbocycles. The van der Waals surface area contributed by atoms with Crippen molar-refractivity contribution in [2.45, 2.75) is 4.90 Å². The minimum atomic E-state index is -3.61. The van der Waals surface area contributed by atoms with Gasteiger partial charge in [-0.25, -0.2) is 18.4 Å². The van der Waals surface area contributed by atoms with Crippen molar-refractivity contribution in [1.29, 1.82) is 0 Å². The van der Waals surface area contributed by atoms with E-state index in [2.05, 4.69) is 14.7 Å². The number of nitrogens with zero attached hydrogens (tertiary/aromatic N) is 3. The van der Waals surface area contributed by atoms with Crippen LogP contribution in [0.4, 0.5) is 11.6 Å². The monoisotopic (exact) mass is 320 g/mol. The van der Waals surface area contributed by atoms with Gasteiger partial charge < -0.3 is 9.64 Å². The quantitative estimate of drug-likeness (QED) is 0.908. The highest BCUT2D eigenvalue weighted by Gasteiger charge is 2.16. The molecule has 1 aromatic carbocycles. The number of ether oxygens (including phenoxy) is 1. The minimum absolute atomic E-state index is 0.201. The fraction of sp³-hybridized carbons (Fsp3) is 0.286. The van der Waals surface area contributed by atoms with Crippen molar-refractivity contribution in [3.05, 3.63) is 42.7 Å². The van der Waals surface area contributed by atoms with E-state index in [1.165, 1.54) is 24.5 Å². The number of aromatic nitrogens is 2.